The number of aromatic nitrogens is 1. The zero-order chi connectivity index (χ0) is 15.4. The summed E-state index contributed by atoms with van der Waals surface area (Å²) in [6.07, 6.45) is 0.932. The summed E-state index contributed by atoms with van der Waals surface area (Å²) in [5, 5.41) is 4.10. The van der Waals surface area contributed by atoms with Crippen molar-refractivity contribution in [2.45, 2.75) is 40.7 Å². The SMILES string of the molecule is CCCN(Cc1cc(-c2cc(C)ccc2C)on1)C(C)=O. The maximum Gasteiger partial charge on any atom is 0.219 e. The molecule has 2 rings (SSSR count). The first-order chi connectivity index (χ1) is 10.0. The lowest BCUT2D eigenvalue weighted by atomic mass is 10.0. The third kappa shape index (κ3) is 3.72. The van der Waals surface area contributed by atoms with Gasteiger partial charge in [-0.05, 0) is 31.9 Å². The molecule has 112 valence electrons. The van der Waals surface area contributed by atoms with Crippen LogP contribution in [0.15, 0.2) is 28.8 Å². The van der Waals surface area contributed by atoms with E-state index in [-0.39, 0.29) is 5.91 Å². The summed E-state index contributed by atoms with van der Waals surface area (Å²) in [6.45, 7) is 8.98. The lowest BCUT2D eigenvalue weighted by molar-refractivity contribution is -0.129. The Bertz CT molecular complexity index is 631. The second-order valence-corrected chi connectivity index (χ2v) is 5.44. The average Bonchev–Trinajstić information content (AvgIpc) is 2.89. The largest absolute Gasteiger partial charge is 0.356 e. The van der Waals surface area contributed by atoms with E-state index in [4.69, 9.17) is 4.52 Å². The molecule has 1 aromatic heterocycles. The quantitative estimate of drug-likeness (QED) is 0.841. The molecule has 4 nitrogen and oxygen atoms in total. The van der Waals surface area contributed by atoms with E-state index in [9.17, 15) is 4.79 Å². The summed E-state index contributed by atoms with van der Waals surface area (Å²) in [5.41, 5.74) is 4.18. The Labute approximate surface area is 125 Å². The van der Waals surface area contributed by atoms with Gasteiger partial charge in [0, 0.05) is 25.1 Å². The van der Waals surface area contributed by atoms with Crippen molar-refractivity contribution in [2.75, 3.05) is 6.54 Å². The molecule has 0 bridgehead atoms. The fourth-order valence-corrected chi connectivity index (χ4v) is 2.33. The molecule has 0 aliphatic heterocycles. The number of nitrogens with zero attached hydrogens (tertiary/aromatic N) is 2. The van der Waals surface area contributed by atoms with Crippen LogP contribution in [0.2, 0.25) is 0 Å². The van der Waals surface area contributed by atoms with E-state index >= 15 is 0 Å². The van der Waals surface area contributed by atoms with Crippen LogP contribution in [0.25, 0.3) is 11.3 Å². The van der Waals surface area contributed by atoms with Gasteiger partial charge in [0.15, 0.2) is 5.76 Å². The molecular weight excluding hydrogens is 264 g/mol. The summed E-state index contributed by atoms with van der Waals surface area (Å²) in [5.74, 6) is 0.819. The Morgan fingerprint density at radius 3 is 2.71 bits per heavy atom. The normalized spacial score (nSPS) is 10.7. The molecule has 0 saturated carbocycles. The minimum atomic E-state index is 0.0631. The Hall–Kier alpha value is -2.10. The Balaban J connectivity index is 2.21. The second-order valence-electron chi connectivity index (χ2n) is 5.44. The fourth-order valence-electron chi connectivity index (χ4n) is 2.33. The van der Waals surface area contributed by atoms with Gasteiger partial charge in [-0.25, -0.2) is 0 Å². The Morgan fingerprint density at radius 1 is 1.29 bits per heavy atom. The van der Waals surface area contributed by atoms with Gasteiger partial charge in [0.05, 0.1) is 6.54 Å². The van der Waals surface area contributed by atoms with Crippen molar-refractivity contribution in [2.24, 2.45) is 0 Å². The fraction of sp³-hybridized carbons (Fsp3) is 0.412. The predicted molar refractivity (Wildman–Crippen MR) is 82.8 cm³/mol. The number of amides is 1. The summed E-state index contributed by atoms with van der Waals surface area (Å²) in [4.78, 5) is 13.4. The number of benzene rings is 1. The van der Waals surface area contributed by atoms with Gasteiger partial charge in [0.2, 0.25) is 5.91 Å². The van der Waals surface area contributed by atoms with Crippen molar-refractivity contribution >= 4 is 5.91 Å². The minimum absolute atomic E-state index is 0.0631. The van der Waals surface area contributed by atoms with Crippen molar-refractivity contribution in [3.05, 3.63) is 41.1 Å². The second kappa shape index (κ2) is 6.57. The van der Waals surface area contributed by atoms with E-state index in [1.807, 2.05) is 6.07 Å². The van der Waals surface area contributed by atoms with Crippen molar-refractivity contribution in [1.29, 1.82) is 0 Å². The van der Waals surface area contributed by atoms with Crippen molar-refractivity contribution in [1.82, 2.24) is 10.1 Å². The van der Waals surface area contributed by atoms with E-state index in [1.165, 1.54) is 5.56 Å². The third-order valence-electron chi connectivity index (χ3n) is 3.51. The van der Waals surface area contributed by atoms with E-state index in [0.29, 0.717) is 6.54 Å². The van der Waals surface area contributed by atoms with Gasteiger partial charge in [0.25, 0.3) is 0 Å². The first-order valence-corrected chi connectivity index (χ1v) is 7.30. The van der Waals surface area contributed by atoms with Crippen LogP contribution in [0, 0.1) is 13.8 Å². The van der Waals surface area contributed by atoms with Crippen molar-refractivity contribution in [3.63, 3.8) is 0 Å². The van der Waals surface area contributed by atoms with Crippen LogP contribution in [0.4, 0.5) is 0 Å². The van der Waals surface area contributed by atoms with Crippen LogP contribution < -0.4 is 0 Å². The van der Waals surface area contributed by atoms with Crippen LogP contribution in [-0.4, -0.2) is 22.5 Å². The monoisotopic (exact) mass is 286 g/mol. The summed E-state index contributed by atoms with van der Waals surface area (Å²) >= 11 is 0. The number of hydrogen-bond acceptors (Lipinski definition) is 3. The molecule has 1 heterocycles. The summed E-state index contributed by atoms with van der Waals surface area (Å²) in [6, 6.07) is 8.17. The first-order valence-electron chi connectivity index (χ1n) is 7.30. The molecule has 4 heteroatoms. The highest BCUT2D eigenvalue weighted by atomic mass is 16.5. The van der Waals surface area contributed by atoms with Crippen molar-refractivity contribution < 1.29 is 9.32 Å². The Morgan fingerprint density at radius 2 is 2.05 bits per heavy atom. The van der Waals surface area contributed by atoms with Gasteiger partial charge >= 0.3 is 0 Å². The number of carbonyl (C=O) groups is 1. The third-order valence-corrected chi connectivity index (χ3v) is 3.51. The van der Waals surface area contributed by atoms with Gasteiger partial charge < -0.3 is 9.42 Å². The highest BCUT2D eigenvalue weighted by molar-refractivity contribution is 5.73. The predicted octanol–water partition coefficient (Wildman–Crippen LogP) is 3.72. The van der Waals surface area contributed by atoms with Crippen LogP contribution in [0.3, 0.4) is 0 Å². The smallest absolute Gasteiger partial charge is 0.219 e. The van der Waals surface area contributed by atoms with Gasteiger partial charge in [-0.2, -0.15) is 0 Å². The number of aryl methyl sites for hydroxylation is 2. The zero-order valence-electron chi connectivity index (χ0n) is 13.1. The van der Waals surface area contributed by atoms with E-state index < -0.39 is 0 Å². The molecule has 0 unspecified atom stereocenters. The van der Waals surface area contributed by atoms with Gasteiger partial charge in [-0.1, -0.05) is 29.8 Å². The number of hydrogen-bond donors (Lipinski definition) is 0. The zero-order valence-corrected chi connectivity index (χ0v) is 13.1. The maximum atomic E-state index is 11.6. The highest BCUT2D eigenvalue weighted by Crippen LogP contribution is 2.25. The topological polar surface area (TPSA) is 46.3 Å². The minimum Gasteiger partial charge on any atom is -0.356 e. The first kappa shape index (κ1) is 15.3. The lowest BCUT2D eigenvalue weighted by Gasteiger charge is -2.18. The van der Waals surface area contributed by atoms with Gasteiger partial charge in [-0.15, -0.1) is 0 Å². The maximum absolute atomic E-state index is 11.6. The molecule has 2 aromatic rings. The molecule has 0 aliphatic carbocycles. The van der Waals surface area contributed by atoms with E-state index in [1.54, 1.807) is 11.8 Å². The van der Waals surface area contributed by atoms with Crippen LogP contribution in [-0.2, 0) is 11.3 Å². The van der Waals surface area contributed by atoms with Crippen LogP contribution >= 0.6 is 0 Å². The molecule has 0 atom stereocenters. The molecule has 0 saturated heterocycles. The molecule has 0 spiro atoms. The number of rotatable bonds is 5. The average molecular weight is 286 g/mol. The Kier molecular flexibility index (Phi) is 4.78. The summed E-state index contributed by atoms with van der Waals surface area (Å²) in [7, 11) is 0. The molecular formula is C17H22N2O2. The molecule has 1 amide bonds. The van der Waals surface area contributed by atoms with Crippen molar-refractivity contribution in [3.8, 4) is 11.3 Å². The van der Waals surface area contributed by atoms with Crippen LogP contribution in [0.5, 0.6) is 0 Å². The lowest BCUT2D eigenvalue weighted by Crippen LogP contribution is -2.28. The molecule has 0 fully saturated rings. The molecule has 0 radical (unpaired) electrons. The standard InChI is InChI=1S/C17H22N2O2/c1-5-8-19(14(4)20)11-15-10-17(21-18-15)16-9-12(2)6-7-13(16)3/h6-7,9-10H,5,8,11H2,1-4H3. The molecule has 0 N–H and O–H groups in total. The number of carbonyl (C=O) groups excluding carboxylic acids is 1. The van der Waals surface area contributed by atoms with Gasteiger partial charge in [-0.3, -0.25) is 4.79 Å². The summed E-state index contributed by atoms with van der Waals surface area (Å²) < 4.78 is 5.46. The van der Waals surface area contributed by atoms with E-state index in [2.05, 4.69) is 44.1 Å². The molecule has 0 aliphatic rings. The van der Waals surface area contributed by atoms with Gasteiger partial charge in [0.1, 0.15) is 5.69 Å². The molecule has 1 aromatic carbocycles. The molecule has 21 heavy (non-hydrogen) atoms. The van der Waals surface area contributed by atoms with E-state index in [0.717, 1.165) is 35.5 Å². The van der Waals surface area contributed by atoms with Crippen LogP contribution in [0.1, 0.15) is 37.1 Å². The highest BCUT2D eigenvalue weighted by Gasteiger charge is 2.14.